The molecule has 3 fully saturated rings. The average Bonchev–Trinajstić information content (AvgIpc) is 3.39. The summed E-state index contributed by atoms with van der Waals surface area (Å²) in [6.07, 6.45) is 13.6. The molecule has 28 heavy (non-hydrogen) atoms. The van der Waals surface area contributed by atoms with Gasteiger partial charge in [-0.1, -0.05) is 32.1 Å². The number of likely N-dealkylation sites (tertiary alicyclic amines) is 1. The zero-order valence-electron chi connectivity index (χ0n) is 17.5. The average molecular weight is 506 g/mol. The van der Waals surface area contributed by atoms with Gasteiger partial charge >= 0.3 is 0 Å². The molecule has 0 radical (unpaired) electrons. The van der Waals surface area contributed by atoms with Gasteiger partial charge in [0.2, 0.25) is 5.91 Å². The van der Waals surface area contributed by atoms with Crippen LogP contribution < -0.4 is 10.6 Å². The standard InChI is InChI=1S/C21H38N4O2.HI/c1-22-21(23-13-7-15-27-19-10-3-2-4-11-19)24-18-12-14-25(16-18)20(26)17-8-5-6-9-17;/h17-19H,2-16H2,1H3,(H2,22,23,24);1H. The minimum absolute atomic E-state index is 0. The van der Waals surface area contributed by atoms with Gasteiger partial charge < -0.3 is 20.3 Å². The Labute approximate surface area is 187 Å². The Morgan fingerprint density at radius 2 is 1.79 bits per heavy atom. The summed E-state index contributed by atoms with van der Waals surface area (Å²) in [4.78, 5) is 19.0. The van der Waals surface area contributed by atoms with E-state index in [1.807, 2.05) is 7.05 Å². The van der Waals surface area contributed by atoms with Gasteiger partial charge in [-0.3, -0.25) is 9.79 Å². The van der Waals surface area contributed by atoms with Crippen molar-refractivity contribution in [3.8, 4) is 0 Å². The van der Waals surface area contributed by atoms with E-state index in [2.05, 4.69) is 20.5 Å². The third-order valence-corrected chi connectivity index (χ3v) is 6.29. The largest absolute Gasteiger partial charge is 0.378 e. The number of hydrogen-bond donors (Lipinski definition) is 2. The van der Waals surface area contributed by atoms with Gasteiger partial charge in [-0.15, -0.1) is 24.0 Å². The molecule has 3 rings (SSSR count). The van der Waals surface area contributed by atoms with Crippen molar-refractivity contribution in [2.45, 2.75) is 82.8 Å². The second-order valence-electron chi connectivity index (χ2n) is 8.38. The first kappa shape index (κ1) is 23.7. The molecule has 0 aromatic heterocycles. The summed E-state index contributed by atoms with van der Waals surface area (Å²) in [6, 6.07) is 0.306. The number of ether oxygens (including phenoxy) is 1. The normalized spacial score (nSPS) is 24.2. The van der Waals surface area contributed by atoms with Gasteiger partial charge in [0.05, 0.1) is 6.10 Å². The van der Waals surface area contributed by atoms with Crippen LogP contribution in [0.3, 0.4) is 0 Å². The second-order valence-corrected chi connectivity index (χ2v) is 8.38. The van der Waals surface area contributed by atoms with Gasteiger partial charge in [-0.2, -0.15) is 0 Å². The van der Waals surface area contributed by atoms with Gasteiger partial charge in [0.1, 0.15) is 0 Å². The first-order valence-electron chi connectivity index (χ1n) is 11.1. The number of guanidine groups is 1. The maximum atomic E-state index is 12.6. The summed E-state index contributed by atoms with van der Waals surface area (Å²) >= 11 is 0. The van der Waals surface area contributed by atoms with Crippen molar-refractivity contribution in [1.29, 1.82) is 0 Å². The summed E-state index contributed by atoms with van der Waals surface area (Å²) in [5.41, 5.74) is 0. The molecule has 0 bridgehead atoms. The molecule has 1 aliphatic heterocycles. The van der Waals surface area contributed by atoms with Crippen molar-refractivity contribution in [3.63, 3.8) is 0 Å². The second kappa shape index (κ2) is 12.9. The highest BCUT2D eigenvalue weighted by molar-refractivity contribution is 14.0. The molecule has 7 heteroatoms. The van der Waals surface area contributed by atoms with Gasteiger partial charge in [0.15, 0.2) is 5.96 Å². The third kappa shape index (κ3) is 7.35. The van der Waals surface area contributed by atoms with Crippen LogP contribution in [0.15, 0.2) is 4.99 Å². The topological polar surface area (TPSA) is 66.0 Å². The van der Waals surface area contributed by atoms with Crippen LogP contribution in [0.5, 0.6) is 0 Å². The van der Waals surface area contributed by atoms with Gasteiger partial charge in [0, 0.05) is 45.2 Å². The van der Waals surface area contributed by atoms with Crippen molar-refractivity contribution in [2.24, 2.45) is 10.9 Å². The zero-order valence-corrected chi connectivity index (χ0v) is 19.8. The lowest BCUT2D eigenvalue weighted by molar-refractivity contribution is -0.134. The minimum atomic E-state index is 0. The number of carbonyl (C=O) groups is 1. The van der Waals surface area contributed by atoms with E-state index in [0.717, 1.165) is 57.9 Å². The number of aliphatic imine (C=N–C) groups is 1. The van der Waals surface area contributed by atoms with Gasteiger partial charge in [0.25, 0.3) is 0 Å². The van der Waals surface area contributed by atoms with E-state index in [1.165, 1.54) is 44.9 Å². The smallest absolute Gasteiger partial charge is 0.225 e. The van der Waals surface area contributed by atoms with Crippen molar-refractivity contribution in [3.05, 3.63) is 0 Å². The number of hydrogen-bond acceptors (Lipinski definition) is 3. The molecule has 3 aliphatic rings. The van der Waals surface area contributed by atoms with Crippen LogP contribution in [-0.2, 0) is 9.53 Å². The maximum Gasteiger partial charge on any atom is 0.225 e. The lowest BCUT2D eigenvalue weighted by atomic mass is 9.98. The first-order chi connectivity index (χ1) is 13.3. The van der Waals surface area contributed by atoms with Crippen molar-refractivity contribution >= 4 is 35.8 Å². The van der Waals surface area contributed by atoms with Crippen LogP contribution in [0.4, 0.5) is 0 Å². The molecule has 0 aromatic rings. The highest BCUT2D eigenvalue weighted by Crippen LogP contribution is 2.27. The fourth-order valence-electron chi connectivity index (χ4n) is 4.66. The summed E-state index contributed by atoms with van der Waals surface area (Å²) in [7, 11) is 1.81. The molecule has 162 valence electrons. The summed E-state index contributed by atoms with van der Waals surface area (Å²) < 4.78 is 5.98. The highest BCUT2D eigenvalue weighted by Gasteiger charge is 2.32. The molecule has 1 heterocycles. The Morgan fingerprint density at radius 3 is 2.50 bits per heavy atom. The van der Waals surface area contributed by atoms with Gasteiger partial charge in [-0.25, -0.2) is 0 Å². The molecule has 0 aromatic carbocycles. The van der Waals surface area contributed by atoms with E-state index in [0.29, 0.717) is 18.1 Å². The monoisotopic (exact) mass is 506 g/mol. The van der Waals surface area contributed by atoms with E-state index >= 15 is 0 Å². The number of amides is 1. The zero-order chi connectivity index (χ0) is 18.9. The Kier molecular flexibility index (Phi) is 10.9. The molecular weight excluding hydrogens is 467 g/mol. The molecule has 1 saturated heterocycles. The minimum Gasteiger partial charge on any atom is -0.378 e. The van der Waals surface area contributed by atoms with Crippen molar-refractivity contribution < 1.29 is 9.53 Å². The van der Waals surface area contributed by atoms with Crippen LogP contribution in [-0.4, -0.2) is 62.2 Å². The van der Waals surface area contributed by atoms with E-state index in [1.54, 1.807) is 0 Å². The van der Waals surface area contributed by atoms with Crippen molar-refractivity contribution in [2.75, 3.05) is 33.3 Å². The Hall–Kier alpha value is -0.570. The number of rotatable bonds is 7. The fraction of sp³-hybridized carbons (Fsp3) is 0.905. The molecule has 2 saturated carbocycles. The number of nitrogens with one attached hydrogen (secondary N) is 2. The van der Waals surface area contributed by atoms with Crippen molar-refractivity contribution in [1.82, 2.24) is 15.5 Å². The van der Waals surface area contributed by atoms with Crippen LogP contribution in [0.1, 0.15) is 70.6 Å². The molecule has 1 unspecified atom stereocenters. The van der Waals surface area contributed by atoms with E-state index < -0.39 is 0 Å². The molecule has 1 atom stereocenters. The number of halogens is 1. The van der Waals surface area contributed by atoms with Crippen LogP contribution in [0, 0.1) is 5.92 Å². The highest BCUT2D eigenvalue weighted by atomic mass is 127. The molecular formula is C21H39IN4O2. The van der Waals surface area contributed by atoms with Gasteiger partial charge in [-0.05, 0) is 38.5 Å². The summed E-state index contributed by atoms with van der Waals surface area (Å²) in [5.74, 6) is 1.50. The van der Waals surface area contributed by atoms with E-state index in [4.69, 9.17) is 4.74 Å². The predicted octanol–water partition coefficient (Wildman–Crippen LogP) is 3.30. The van der Waals surface area contributed by atoms with Crippen LogP contribution in [0.25, 0.3) is 0 Å². The molecule has 1 amide bonds. The first-order valence-corrected chi connectivity index (χ1v) is 11.1. The van der Waals surface area contributed by atoms with Crippen LogP contribution >= 0.6 is 24.0 Å². The summed E-state index contributed by atoms with van der Waals surface area (Å²) in [5, 5.41) is 6.87. The Balaban J connectivity index is 0.00000280. The quantitative estimate of drug-likeness (QED) is 0.241. The maximum absolute atomic E-state index is 12.6. The number of nitrogens with zero attached hydrogens (tertiary/aromatic N) is 2. The number of carbonyl (C=O) groups excluding carboxylic acids is 1. The predicted molar refractivity (Wildman–Crippen MR) is 124 cm³/mol. The molecule has 0 spiro atoms. The third-order valence-electron chi connectivity index (χ3n) is 6.29. The van der Waals surface area contributed by atoms with E-state index in [9.17, 15) is 4.79 Å². The SMILES string of the molecule is CN=C(NCCCOC1CCCCC1)NC1CCN(C(=O)C2CCCC2)C1.I. The Bertz CT molecular complexity index is 491. The molecule has 2 N–H and O–H groups in total. The Morgan fingerprint density at radius 1 is 1.07 bits per heavy atom. The lowest BCUT2D eigenvalue weighted by Crippen LogP contribution is -2.45. The molecule has 6 nitrogen and oxygen atoms in total. The fourth-order valence-corrected chi connectivity index (χ4v) is 4.66. The molecule has 2 aliphatic carbocycles. The lowest BCUT2D eigenvalue weighted by Gasteiger charge is -2.22. The summed E-state index contributed by atoms with van der Waals surface area (Å²) in [6.45, 7) is 3.37. The van der Waals surface area contributed by atoms with Crippen LogP contribution in [0.2, 0.25) is 0 Å². The van der Waals surface area contributed by atoms with E-state index in [-0.39, 0.29) is 29.9 Å².